The van der Waals surface area contributed by atoms with E-state index in [0.29, 0.717) is 11.1 Å². The maximum Gasteiger partial charge on any atom is 0.295 e. The molecule has 1 N–H and O–H groups in total. The quantitative estimate of drug-likeness (QED) is 0.181. The van der Waals surface area contributed by atoms with E-state index in [-0.39, 0.29) is 33.4 Å². The monoisotopic (exact) mass is 483 g/mol. The van der Waals surface area contributed by atoms with Crippen molar-refractivity contribution in [1.82, 2.24) is 9.88 Å². The highest BCUT2D eigenvalue weighted by Crippen LogP contribution is 2.41. The van der Waals surface area contributed by atoms with Crippen LogP contribution in [0, 0.1) is 10.1 Å². The molecule has 33 heavy (non-hydrogen) atoms. The number of aliphatic hydroxyl groups excluding tert-OH is 1. The Kier molecular flexibility index (Phi) is 6.13. The molecule has 166 valence electrons. The minimum atomic E-state index is -1.00. The lowest BCUT2D eigenvalue weighted by molar-refractivity contribution is -0.384. The standard InChI is InChI=1S/C23H15Cl2N3O5/c24-17-7-6-14(10-18(17)25)20-19(21(29)15-4-1-5-16(9-15)28(32)33)22(30)23(31)27(20)12-13-3-2-8-26-11-13/h1-11,20,29H,12H2/b21-19-. The van der Waals surface area contributed by atoms with E-state index in [4.69, 9.17) is 23.2 Å². The second-order valence-electron chi connectivity index (χ2n) is 7.27. The van der Waals surface area contributed by atoms with E-state index >= 15 is 0 Å². The third-order valence-corrected chi connectivity index (χ3v) is 5.94. The molecule has 1 atom stereocenters. The maximum absolute atomic E-state index is 13.1. The number of likely N-dealkylation sites (tertiary alicyclic amines) is 1. The molecule has 3 aromatic rings. The van der Waals surface area contributed by atoms with Crippen LogP contribution in [0.25, 0.3) is 5.76 Å². The summed E-state index contributed by atoms with van der Waals surface area (Å²) in [5.74, 6) is -2.28. The molecule has 0 saturated carbocycles. The van der Waals surface area contributed by atoms with Gasteiger partial charge in [-0.3, -0.25) is 24.7 Å². The minimum absolute atomic E-state index is 0.0358. The van der Waals surface area contributed by atoms with Gasteiger partial charge in [0.05, 0.1) is 26.6 Å². The Hall–Kier alpha value is -3.75. The summed E-state index contributed by atoms with van der Waals surface area (Å²) in [6, 6.07) is 12.3. The lowest BCUT2D eigenvalue weighted by Crippen LogP contribution is -2.29. The van der Waals surface area contributed by atoms with Crippen molar-refractivity contribution in [3.8, 4) is 0 Å². The number of aromatic nitrogens is 1. The predicted octanol–water partition coefficient (Wildman–Crippen LogP) is 4.92. The number of halogens is 2. The fourth-order valence-corrected chi connectivity index (χ4v) is 3.99. The summed E-state index contributed by atoms with van der Waals surface area (Å²) in [5.41, 5.74) is 0.672. The number of nitrogens with zero attached hydrogens (tertiary/aromatic N) is 3. The van der Waals surface area contributed by atoms with Gasteiger partial charge in [0.1, 0.15) is 5.76 Å². The highest BCUT2D eigenvalue weighted by molar-refractivity contribution is 6.46. The number of pyridine rings is 1. The molecule has 1 aliphatic heterocycles. The minimum Gasteiger partial charge on any atom is -0.507 e. The number of nitro groups is 1. The number of benzene rings is 2. The topological polar surface area (TPSA) is 114 Å². The smallest absolute Gasteiger partial charge is 0.295 e. The highest BCUT2D eigenvalue weighted by atomic mass is 35.5. The number of amides is 1. The van der Waals surface area contributed by atoms with E-state index in [1.54, 1.807) is 30.6 Å². The molecule has 1 aromatic heterocycles. The lowest BCUT2D eigenvalue weighted by Gasteiger charge is -2.25. The number of Topliss-reactive ketones (excluding diaryl/α,β-unsaturated/α-hetero) is 1. The average Bonchev–Trinajstić information content (AvgIpc) is 3.06. The van der Waals surface area contributed by atoms with Gasteiger partial charge in [-0.25, -0.2) is 0 Å². The Balaban J connectivity index is 1.90. The summed E-state index contributed by atoms with van der Waals surface area (Å²) in [4.78, 5) is 41.9. The second-order valence-corrected chi connectivity index (χ2v) is 8.08. The maximum atomic E-state index is 13.1. The first-order valence-corrected chi connectivity index (χ1v) is 10.4. The van der Waals surface area contributed by atoms with Crippen LogP contribution in [0.5, 0.6) is 0 Å². The van der Waals surface area contributed by atoms with Crippen LogP contribution in [-0.2, 0) is 16.1 Å². The van der Waals surface area contributed by atoms with Crippen molar-refractivity contribution in [3.63, 3.8) is 0 Å². The zero-order chi connectivity index (χ0) is 23.7. The lowest BCUT2D eigenvalue weighted by atomic mass is 9.95. The molecule has 1 fully saturated rings. The largest absolute Gasteiger partial charge is 0.507 e. The van der Waals surface area contributed by atoms with Gasteiger partial charge in [-0.05, 0) is 29.3 Å². The predicted molar refractivity (Wildman–Crippen MR) is 122 cm³/mol. The fourth-order valence-electron chi connectivity index (χ4n) is 3.68. The molecule has 0 aliphatic carbocycles. The van der Waals surface area contributed by atoms with Crippen molar-refractivity contribution in [3.05, 3.63) is 109 Å². The van der Waals surface area contributed by atoms with Crippen LogP contribution >= 0.6 is 23.2 Å². The van der Waals surface area contributed by atoms with Crippen LogP contribution in [0.4, 0.5) is 5.69 Å². The van der Waals surface area contributed by atoms with E-state index in [0.717, 1.165) is 6.07 Å². The Labute approximate surface area is 197 Å². The van der Waals surface area contributed by atoms with Gasteiger partial charge in [0.15, 0.2) is 0 Å². The molecular formula is C23H15Cl2N3O5. The van der Waals surface area contributed by atoms with Gasteiger partial charge in [0, 0.05) is 36.6 Å². The molecule has 0 spiro atoms. The molecule has 1 saturated heterocycles. The summed E-state index contributed by atoms with van der Waals surface area (Å²) < 4.78 is 0. The van der Waals surface area contributed by atoms with E-state index in [9.17, 15) is 24.8 Å². The summed E-state index contributed by atoms with van der Waals surface area (Å²) in [7, 11) is 0. The molecule has 4 rings (SSSR count). The highest BCUT2D eigenvalue weighted by Gasteiger charge is 2.46. The molecule has 2 heterocycles. The molecule has 1 amide bonds. The summed E-state index contributed by atoms with van der Waals surface area (Å²) in [6.07, 6.45) is 3.14. The van der Waals surface area contributed by atoms with Gasteiger partial charge in [-0.15, -0.1) is 0 Å². The Morgan fingerprint density at radius 2 is 1.88 bits per heavy atom. The van der Waals surface area contributed by atoms with E-state index < -0.39 is 28.4 Å². The van der Waals surface area contributed by atoms with Crippen LogP contribution in [0.3, 0.4) is 0 Å². The van der Waals surface area contributed by atoms with E-state index in [2.05, 4.69) is 4.98 Å². The SMILES string of the molecule is O=C1C(=O)N(Cc2cccnc2)C(c2ccc(Cl)c(Cl)c2)/C1=C(/O)c1cccc([N+](=O)[O-])c1. The van der Waals surface area contributed by atoms with Crippen molar-refractivity contribution in [1.29, 1.82) is 0 Å². The Morgan fingerprint density at radius 3 is 2.55 bits per heavy atom. The first-order chi connectivity index (χ1) is 15.8. The molecule has 10 heteroatoms. The van der Waals surface area contributed by atoms with Gasteiger partial charge in [-0.2, -0.15) is 0 Å². The molecule has 8 nitrogen and oxygen atoms in total. The molecule has 1 unspecified atom stereocenters. The van der Waals surface area contributed by atoms with E-state index in [1.807, 2.05) is 0 Å². The van der Waals surface area contributed by atoms with Crippen molar-refractivity contribution in [2.45, 2.75) is 12.6 Å². The van der Waals surface area contributed by atoms with Crippen molar-refractivity contribution >= 4 is 46.3 Å². The molecular weight excluding hydrogens is 469 g/mol. The number of nitro benzene ring substituents is 1. The molecule has 2 aromatic carbocycles. The molecule has 1 aliphatic rings. The number of aliphatic hydroxyl groups is 1. The number of hydrogen-bond acceptors (Lipinski definition) is 6. The van der Waals surface area contributed by atoms with Crippen LogP contribution in [-0.4, -0.2) is 31.6 Å². The number of carbonyl (C=O) groups excluding carboxylic acids is 2. The number of carbonyl (C=O) groups is 2. The van der Waals surface area contributed by atoms with Gasteiger partial charge in [0.25, 0.3) is 17.4 Å². The van der Waals surface area contributed by atoms with Crippen molar-refractivity contribution in [2.24, 2.45) is 0 Å². The number of non-ortho nitro benzene ring substituents is 1. The zero-order valence-corrected chi connectivity index (χ0v) is 18.3. The fraction of sp³-hybridized carbons (Fsp3) is 0.0870. The first kappa shape index (κ1) is 22.4. The van der Waals surface area contributed by atoms with Gasteiger partial charge in [-0.1, -0.05) is 47.5 Å². The van der Waals surface area contributed by atoms with Crippen molar-refractivity contribution < 1.29 is 19.6 Å². The molecule has 0 bridgehead atoms. The Bertz CT molecular complexity index is 1310. The van der Waals surface area contributed by atoms with Crippen LogP contribution < -0.4 is 0 Å². The molecule has 0 radical (unpaired) electrons. The van der Waals surface area contributed by atoms with Gasteiger partial charge < -0.3 is 10.0 Å². The first-order valence-electron chi connectivity index (χ1n) is 9.65. The average molecular weight is 484 g/mol. The zero-order valence-electron chi connectivity index (χ0n) is 16.8. The summed E-state index contributed by atoms with van der Waals surface area (Å²) >= 11 is 12.2. The Morgan fingerprint density at radius 1 is 1.09 bits per heavy atom. The van der Waals surface area contributed by atoms with Gasteiger partial charge in [0.2, 0.25) is 0 Å². The van der Waals surface area contributed by atoms with Crippen molar-refractivity contribution in [2.75, 3.05) is 0 Å². The van der Waals surface area contributed by atoms with Crippen LogP contribution in [0.2, 0.25) is 10.0 Å². The second kappa shape index (κ2) is 9.01. The normalized spacial score (nSPS) is 17.4. The number of rotatable bonds is 5. The third-order valence-electron chi connectivity index (χ3n) is 5.21. The van der Waals surface area contributed by atoms with E-state index in [1.165, 1.54) is 35.2 Å². The third kappa shape index (κ3) is 4.30. The van der Waals surface area contributed by atoms with Crippen LogP contribution in [0.15, 0.2) is 72.6 Å². The number of ketones is 1. The van der Waals surface area contributed by atoms with Gasteiger partial charge >= 0.3 is 0 Å². The summed E-state index contributed by atoms with van der Waals surface area (Å²) in [6.45, 7) is 0.0367. The summed E-state index contributed by atoms with van der Waals surface area (Å²) in [5, 5.41) is 22.7. The van der Waals surface area contributed by atoms with Crippen LogP contribution in [0.1, 0.15) is 22.7 Å². The number of hydrogen-bond donors (Lipinski definition) is 1.